The van der Waals surface area contributed by atoms with Crippen molar-refractivity contribution in [2.75, 3.05) is 19.7 Å². The molecule has 3 nitrogen and oxygen atoms in total. The molecule has 1 heterocycles. The number of carbonyl (C=O) groups excluding carboxylic acids is 1. The minimum Gasteiger partial charge on any atom is -0.375 e. The summed E-state index contributed by atoms with van der Waals surface area (Å²) in [6.07, 6.45) is 7.19. The Labute approximate surface area is 97.2 Å². The number of rotatable bonds is 5. The van der Waals surface area contributed by atoms with Crippen molar-refractivity contribution >= 4 is 5.78 Å². The molecule has 1 aliphatic carbocycles. The van der Waals surface area contributed by atoms with E-state index >= 15 is 0 Å². The molecule has 0 aromatic heterocycles. The quantitative estimate of drug-likeness (QED) is 0.569. The molecule has 3 heteroatoms. The average molecular weight is 223 g/mol. The Hall–Kier alpha value is -0.670. The molecule has 1 saturated carbocycles. The molecule has 1 atom stereocenters. The highest BCUT2D eigenvalue weighted by atomic mass is 16.5. The molecular formula is C13H21NO2. The lowest BCUT2D eigenvalue weighted by atomic mass is 9.71. The maximum absolute atomic E-state index is 11.9. The minimum absolute atomic E-state index is 0.0804. The van der Waals surface area contributed by atoms with Crippen molar-refractivity contribution in [2.24, 2.45) is 5.92 Å². The van der Waals surface area contributed by atoms with Gasteiger partial charge in [-0.2, -0.15) is 0 Å². The van der Waals surface area contributed by atoms with Gasteiger partial charge < -0.3 is 10.1 Å². The summed E-state index contributed by atoms with van der Waals surface area (Å²) in [7, 11) is 0. The molecule has 0 aromatic rings. The van der Waals surface area contributed by atoms with E-state index < -0.39 is 0 Å². The highest BCUT2D eigenvalue weighted by Gasteiger charge is 2.43. The first-order valence-electron chi connectivity index (χ1n) is 6.24. The van der Waals surface area contributed by atoms with Crippen LogP contribution in [0.25, 0.3) is 0 Å². The van der Waals surface area contributed by atoms with Crippen LogP contribution in [0, 0.1) is 5.92 Å². The summed E-state index contributed by atoms with van der Waals surface area (Å²) in [5.41, 5.74) is 0.0804. The van der Waals surface area contributed by atoms with Crippen molar-refractivity contribution < 1.29 is 9.53 Å². The molecule has 0 amide bonds. The summed E-state index contributed by atoms with van der Waals surface area (Å²) in [5.74, 6) is 0.558. The molecule has 1 unspecified atom stereocenters. The summed E-state index contributed by atoms with van der Waals surface area (Å²) in [6.45, 7) is 5.57. The maximum Gasteiger partial charge on any atom is 0.149 e. The van der Waals surface area contributed by atoms with Gasteiger partial charge in [-0.3, -0.25) is 4.79 Å². The molecule has 0 bridgehead atoms. The Balaban J connectivity index is 1.79. The summed E-state index contributed by atoms with van der Waals surface area (Å²) < 4.78 is 5.82. The zero-order valence-electron chi connectivity index (χ0n) is 9.84. The van der Waals surface area contributed by atoms with Gasteiger partial charge >= 0.3 is 0 Å². The fourth-order valence-corrected chi connectivity index (χ4v) is 2.66. The van der Waals surface area contributed by atoms with Crippen LogP contribution < -0.4 is 5.32 Å². The second-order valence-corrected chi connectivity index (χ2v) is 4.96. The SMILES string of the molecule is C=CCNCC(=O)C1CCOC2(CCC2)C1. The Morgan fingerprint density at radius 2 is 2.38 bits per heavy atom. The van der Waals surface area contributed by atoms with Gasteiger partial charge in [-0.1, -0.05) is 6.08 Å². The predicted molar refractivity (Wildman–Crippen MR) is 63.3 cm³/mol. The number of hydrogen-bond donors (Lipinski definition) is 1. The van der Waals surface area contributed by atoms with Crippen molar-refractivity contribution in [1.82, 2.24) is 5.32 Å². The van der Waals surface area contributed by atoms with Crippen LogP contribution in [0.4, 0.5) is 0 Å². The Kier molecular flexibility index (Phi) is 3.77. The van der Waals surface area contributed by atoms with Gasteiger partial charge in [0.05, 0.1) is 12.1 Å². The predicted octanol–water partition coefficient (Wildman–Crippen LogP) is 1.68. The number of ketones is 1. The summed E-state index contributed by atoms with van der Waals surface area (Å²) in [5, 5.41) is 3.09. The topological polar surface area (TPSA) is 38.3 Å². The molecule has 2 aliphatic rings. The largest absolute Gasteiger partial charge is 0.375 e. The lowest BCUT2D eigenvalue weighted by Crippen LogP contribution is -2.48. The standard InChI is InChI=1S/C13H21NO2/c1-2-7-14-10-12(15)11-4-8-16-13(9-11)5-3-6-13/h2,11,14H,1,3-10H2. The van der Waals surface area contributed by atoms with E-state index in [9.17, 15) is 4.79 Å². The third-order valence-corrected chi connectivity index (χ3v) is 3.80. The molecule has 2 rings (SSSR count). The lowest BCUT2D eigenvalue weighted by Gasteiger charge is -2.46. The van der Waals surface area contributed by atoms with Crippen LogP contribution in [0.1, 0.15) is 32.1 Å². The van der Waals surface area contributed by atoms with Crippen molar-refractivity contribution in [2.45, 2.75) is 37.7 Å². The highest BCUT2D eigenvalue weighted by molar-refractivity contribution is 5.83. The third kappa shape index (κ3) is 2.53. The van der Waals surface area contributed by atoms with E-state index in [1.165, 1.54) is 6.42 Å². The van der Waals surface area contributed by atoms with Crippen molar-refractivity contribution in [3.63, 3.8) is 0 Å². The van der Waals surface area contributed by atoms with Crippen molar-refractivity contribution in [3.05, 3.63) is 12.7 Å². The first-order valence-corrected chi connectivity index (χ1v) is 6.24. The molecular weight excluding hydrogens is 202 g/mol. The average Bonchev–Trinajstić information content (AvgIpc) is 2.27. The monoisotopic (exact) mass is 223 g/mol. The smallest absolute Gasteiger partial charge is 0.149 e. The number of Topliss-reactive ketones (excluding diaryl/α,β-unsaturated/α-hetero) is 1. The molecule has 1 N–H and O–H groups in total. The van der Waals surface area contributed by atoms with Gasteiger partial charge in [0.15, 0.2) is 0 Å². The maximum atomic E-state index is 11.9. The second kappa shape index (κ2) is 5.11. The molecule has 2 fully saturated rings. The van der Waals surface area contributed by atoms with Crippen LogP contribution >= 0.6 is 0 Å². The van der Waals surface area contributed by atoms with Crippen LogP contribution in [0.15, 0.2) is 12.7 Å². The summed E-state index contributed by atoms with van der Waals surface area (Å²) >= 11 is 0. The van der Waals surface area contributed by atoms with E-state index in [1.54, 1.807) is 6.08 Å². The zero-order valence-corrected chi connectivity index (χ0v) is 9.84. The van der Waals surface area contributed by atoms with Crippen molar-refractivity contribution in [1.29, 1.82) is 0 Å². The Morgan fingerprint density at radius 3 is 3.00 bits per heavy atom. The molecule has 16 heavy (non-hydrogen) atoms. The van der Waals surface area contributed by atoms with Crippen molar-refractivity contribution in [3.8, 4) is 0 Å². The first-order chi connectivity index (χ1) is 7.76. The fraction of sp³-hybridized carbons (Fsp3) is 0.769. The summed E-state index contributed by atoms with van der Waals surface area (Å²) in [6, 6.07) is 0. The molecule has 1 spiro atoms. The van der Waals surface area contributed by atoms with E-state index in [0.29, 0.717) is 18.9 Å². The van der Waals surface area contributed by atoms with Gasteiger partial charge in [-0.05, 0) is 32.1 Å². The van der Waals surface area contributed by atoms with Gasteiger partial charge in [0, 0.05) is 19.1 Å². The molecule has 0 radical (unpaired) electrons. The van der Waals surface area contributed by atoms with Gasteiger partial charge in [-0.25, -0.2) is 0 Å². The van der Waals surface area contributed by atoms with Gasteiger partial charge in [-0.15, -0.1) is 6.58 Å². The van der Waals surface area contributed by atoms with E-state index in [0.717, 1.165) is 32.3 Å². The van der Waals surface area contributed by atoms with Crippen LogP contribution in [-0.2, 0) is 9.53 Å². The number of hydrogen-bond acceptors (Lipinski definition) is 3. The van der Waals surface area contributed by atoms with Gasteiger partial charge in [0.2, 0.25) is 0 Å². The first kappa shape index (κ1) is 11.8. The van der Waals surface area contributed by atoms with Crippen LogP contribution in [0.5, 0.6) is 0 Å². The molecule has 1 saturated heterocycles. The molecule has 0 aromatic carbocycles. The molecule has 1 aliphatic heterocycles. The number of nitrogens with one attached hydrogen (secondary N) is 1. The second-order valence-electron chi connectivity index (χ2n) is 4.96. The van der Waals surface area contributed by atoms with Crippen LogP contribution in [0.3, 0.4) is 0 Å². The van der Waals surface area contributed by atoms with Crippen LogP contribution in [0.2, 0.25) is 0 Å². The van der Waals surface area contributed by atoms with E-state index in [-0.39, 0.29) is 11.5 Å². The lowest BCUT2D eigenvalue weighted by molar-refractivity contribution is -0.155. The Bertz CT molecular complexity index is 271. The molecule has 90 valence electrons. The van der Waals surface area contributed by atoms with E-state index in [4.69, 9.17) is 4.74 Å². The zero-order chi connectivity index (χ0) is 11.4. The van der Waals surface area contributed by atoms with Gasteiger partial charge in [0.1, 0.15) is 5.78 Å². The Morgan fingerprint density at radius 1 is 1.56 bits per heavy atom. The summed E-state index contributed by atoms with van der Waals surface area (Å²) in [4.78, 5) is 11.9. The highest BCUT2D eigenvalue weighted by Crippen LogP contribution is 2.44. The van der Waals surface area contributed by atoms with Gasteiger partial charge in [0.25, 0.3) is 0 Å². The number of ether oxygens (including phenoxy) is 1. The van der Waals surface area contributed by atoms with E-state index in [1.807, 2.05) is 0 Å². The third-order valence-electron chi connectivity index (χ3n) is 3.80. The van der Waals surface area contributed by atoms with E-state index in [2.05, 4.69) is 11.9 Å². The number of carbonyl (C=O) groups is 1. The normalized spacial score (nSPS) is 27.4. The fourth-order valence-electron chi connectivity index (χ4n) is 2.66. The minimum atomic E-state index is 0.0804. The van der Waals surface area contributed by atoms with Crippen LogP contribution in [-0.4, -0.2) is 31.1 Å².